The summed E-state index contributed by atoms with van der Waals surface area (Å²) in [6.07, 6.45) is 36.0. The van der Waals surface area contributed by atoms with Gasteiger partial charge >= 0.3 is 19.8 Å². The lowest BCUT2D eigenvalue weighted by molar-refractivity contribution is -0.147. The van der Waals surface area contributed by atoms with Crippen molar-refractivity contribution < 1.29 is 47.8 Å². The van der Waals surface area contributed by atoms with Crippen molar-refractivity contribution in [1.29, 1.82) is 0 Å². The lowest BCUT2D eigenvalue weighted by Crippen LogP contribution is -2.43. The summed E-state index contributed by atoms with van der Waals surface area (Å²) in [7, 11) is -4.75. The largest absolute Gasteiger partial charge is 0.480 e. The maximum atomic E-state index is 12.3. The molecular formula is C40H72NO10P. The first kappa shape index (κ1) is 49.7. The third kappa shape index (κ3) is 34.8. The topological polar surface area (TPSA) is 169 Å². The molecule has 0 aromatic heterocycles. The molecule has 3 atom stereocenters. The smallest absolute Gasteiger partial charge is 0.472 e. The number of hydrogen-bond acceptors (Lipinski definition) is 8. The number of carbonyl (C=O) groups excluding carboxylic acids is 2. The molecule has 0 aliphatic heterocycles. The zero-order valence-corrected chi connectivity index (χ0v) is 33.3. The van der Waals surface area contributed by atoms with Crippen molar-refractivity contribution in [2.24, 2.45) is 0 Å². The van der Waals surface area contributed by atoms with Gasteiger partial charge in [0.15, 0.2) is 6.04 Å². The summed E-state index contributed by atoms with van der Waals surface area (Å²) < 4.78 is 26.7. The van der Waals surface area contributed by atoms with Gasteiger partial charge in [0.05, 0.1) is 13.2 Å². The predicted molar refractivity (Wildman–Crippen MR) is 208 cm³/mol. The van der Waals surface area contributed by atoms with Crippen LogP contribution in [0.25, 0.3) is 0 Å². The predicted octanol–water partition coefficient (Wildman–Crippen LogP) is 9.66. The first-order valence-electron chi connectivity index (χ1n) is 20.0. The molecule has 11 nitrogen and oxygen atoms in total. The number of aliphatic carboxylic acids is 1. The highest BCUT2D eigenvalue weighted by Crippen LogP contribution is 2.43. The van der Waals surface area contributed by atoms with E-state index in [2.05, 4.69) is 55.6 Å². The Labute approximate surface area is 314 Å². The SMILES string of the molecule is CC/C=C\C/C=C\C/C=C\CCCCCCCC(=O)NC(COP(=O)(O)OCC(O)COC(=O)CCCCCCCCCCCCCCC)C(=O)O. The third-order valence-electron chi connectivity index (χ3n) is 8.44. The van der Waals surface area contributed by atoms with E-state index in [1.165, 1.54) is 57.8 Å². The van der Waals surface area contributed by atoms with Crippen LogP contribution in [0, 0.1) is 0 Å². The Kier molecular flexibility index (Phi) is 34.1. The molecule has 0 saturated carbocycles. The fraction of sp³-hybridized carbons (Fsp3) is 0.775. The molecule has 0 bridgehead atoms. The zero-order chi connectivity index (χ0) is 38.5. The Bertz CT molecular complexity index is 1030. The minimum atomic E-state index is -4.75. The highest BCUT2D eigenvalue weighted by Gasteiger charge is 2.28. The standard InChI is InChI=1S/C40H72NO10P/c1-3-5-7-9-11-13-15-17-18-20-21-23-25-27-29-31-38(43)41-37(40(45)46)35-51-52(47,48)50-34-36(42)33-49-39(44)32-30-28-26-24-22-19-16-14-12-10-8-6-4-2/h5,7,11,13,17-18,36-37,42H,3-4,6,8-10,12,14-16,19-35H2,1-2H3,(H,41,43)(H,45,46)(H,47,48)/b7-5-,13-11-,18-17-. The third-order valence-corrected chi connectivity index (χ3v) is 9.39. The van der Waals surface area contributed by atoms with Crippen molar-refractivity contribution in [2.45, 2.75) is 180 Å². The van der Waals surface area contributed by atoms with Gasteiger partial charge in [0, 0.05) is 12.8 Å². The van der Waals surface area contributed by atoms with Gasteiger partial charge in [0.25, 0.3) is 0 Å². The van der Waals surface area contributed by atoms with Crippen LogP contribution in [-0.2, 0) is 32.7 Å². The molecule has 0 fully saturated rings. The number of allylic oxidation sites excluding steroid dienone is 6. The van der Waals surface area contributed by atoms with Crippen LogP contribution in [0.15, 0.2) is 36.5 Å². The molecule has 3 unspecified atom stereocenters. The summed E-state index contributed by atoms with van der Waals surface area (Å²) >= 11 is 0. The lowest BCUT2D eigenvalue weighted by Gasteiger charge is -2.18. The molecule has 52 heavy (non-hydrogen) atoms. The quantitative estimate of drug-likeness (QED) is 0.0207. The van der Waals surface area contributed by atoms with Gasteiger partial charge in [-0.3, -0.25) is 18.6 Å². The van der Waals surface area contributed by atoms with Gasteiger partial charge < -0.3 is 25.2 Å². The first-order valence-corrected chi connectivity index (χ1v) is 21.5. The molecule has 0 aromatic rings. The second kappa shape index (κ2) is 35.7. The minimum absolute atomic E-state index is 0.126. The van der Waals surface area contributed by atoms with Crippen molar-refractivity contribution in [3.8, 4) is 0 Å². The fourth-order valence-corrected chi connectivity index (χ4v) is 6.10. The number of aliphatic hydroxyl groups is 1. The van der Waals surface area contributed by atoms with Crippen molar-refractivity contribution in [1.82, 2.24) is 5.32 Å². The van der Waals surface area contributed by atoms with Gasteiger partial charge in [-0.25, -0.2) is 9.36 Å². The van der Waals surface area contributed by atoms with E-state index >= 15 is 0 Å². The molecule has 0 radical (unpaired) electrons. The van der Waals surface area contributed by atoms with Gasteiger partial charge in [-0.05, 0) is 44.9 Å². The number of rotatable bonds is 37. The normalized spacial score (nSPS) is 14.2. The van der Waals surface area contributed by atoms with Gasteiger partial charge in [-0.15, -0.1) is 0 Å². The van der Waals surface area contributed by atoms with Crippen LogP contribution in [0.5, 0.6) is 0 Å². The van der Waals surface area contributed by atoms with E-state index in [0.717, 1.165) is 70.6 Å². The number of carboxylic acids is 1. The summed E-state index contributed by atoms with van der Waals surface area (Å²) in [6.45, 7) is 2.45. The zero-order valence-electron chi connectivity index (χ0n) is 32.4. The van der Waals surface area contributed by atoms with Gasteiger partial charge in [-0.2, -0.15) is 0 Å². The van der Waals surface area contributed by atoms with Crippen LogP contribution < -0.4 is 5.32 Å². The van der Waals surface area contributed by atoms with Crippen molar-refractivity contribution >= 4 is 25.7 Å². The van der Waals surface area contributed by atoms with Crippen LogP contribution in [0.2, 0.25) is 0 Å². The summed E-state index contributed by atoms with van der Waals surface area (Å²) in [5.74, 6) is -2.40. The molecule has 0 spiro atoms. The van der Waals surface area contributed by atoms with Crippen molar-refractivity contribution in [2.75, 3.05) is 19.8 Å². The van der Waals surface area contributed by atoms with Crippen LogP contribution in [-0.4, -0.2) is 64.9 Å². The molecule has 0 aliphatic rings. The second-order valence-electron chi connectivity index (χ2n) is 13.4. The van der Waals surface area contributed by atoms with E-state index in [0.29, 0.717) is 12.8 Å². The number of hydrogen-bond donors (Lipinski definition) is 4. The van der Waals surface area contributed by atoms with Gasteiger partial charge in [-0.1, -0.05) is 147 Å². The van der Waals surface area contributed by atoms with Gasteiger partial charge in [0.1, 0.15) is 12.7 Å². The maximum absolute atomic E-state index is 12.3. The molecule has 4 N–H and O–H groups in total. The fourth-order valence-electron chi connectivity index (χ4n) is 5.33. The number of phosphoric acid groups is 1. The number of carboxylic acid groups (broad SMARTS) is 1. The van der Waals surface area contributed by atoms with Crippen LogP contribution >= 0.6 is 7.82 Å². The average molecular weight is 758 g/mol. The molecule has 1 amide bonds. The van der Waals surface area contributed by atoms with E-state index in [4.69, 9.17) is 13.8 Å². The number of phosphoric ester groups is 1. The maximum Gasteiger partial charge on any atom is 0.472 e. The van der Waals surface area contributed by atoms with Crippen LogP contribution in [0.1, 0.15) is 168 Å². The van der Waals surface area contributed by atoms with E-state index in [-0.39, 0.29) is 12.8 Å². The number of ether oxygens (including phenoxy) is 1. The van der Waals surface area contributed by atoms with Crippen molar-refractivity contribution in [3.63, 3.8) is 0 Å². The number of esters is 1. The number of nitrogens with one attached hydrogen (secondary N) is 1. The molecule has 302 valence electrons. The van der Waals surface area contributed by atoms with Gasteiger partial charge in [0.2, 0.25) is 5.91 Å². The van der Waals surface area contributed by atoms with E-state index < -0.39 is 57.6 Å². The Morgan fingerprint density at radius 2 is 1.12 bits per heavy atom. The summed E-state index contributed by atoms with van der Waals surface area (Å²) in [4.78, 5) is 45.7. The Balaban J connectivity index is 3.97. The first-order chi connectivity index (χ1) is 25.1. The molecule has 0 aromatic carbocycles. The molecule has 0 heterocycles. The van der Waals surface area contributed by atoms with E-state index in [1.807, 2.05) is 0 Å². The molecule has 12 heteroatoms. The van der Waals surface area contributed by atoms with E-state index in [1.54, 1.807) is 0 Å². The second-order valence-corrected chi connectivity index (χ2v) is 14.9. The number of carbonyl (C=O) groups is 3. The average Bonchev–Trinajstić information content (AvgIpc) is 3.11. The molecular weight excluding hydrogens is 685 g/mol. The summed E-state index contributed by atoms with van der Waals surface area (Å²) in [5.41, 5.74) is 0. The Morgan fingerprint density at radius 1 is 0.635 bits per heavy atom. The summed E-state index contributed by atoms with van der Waals surface area (Å²) in [6, 6.07) is -1.55. The highest BCUT2D eigenvalue weighted by atomic mass is 31.2. The van der Waals surface area contributed by atoms with Crippen LogP contribution in [0.4, 0.5) is 0 Å². The van der Waals surface area contributed by atoms with E-state index in [9.17, 15) is 34.1 Å². The number of aliphatic hydroxyl groups excluding tert-OH is 1. The van der Waals surface area contributed by atoms with Crippen molar-refractivity contribution in [3.05, 3.63) is 36.5 Å². The Hall–Kier alpha value is -2.30. The number of amides is 1. The molecule has 0 rings (SSSR count). The minimum Gasteiger partial charge on any atom is -0.480 e. The number of unbranched alkanes of at least 4 members (excludes halogenated alkanes) is 17. The van der Waals surface area contributed by atoms with Crippen LogP contribution in [0.3, 0.4) is 0 Å². The molecule has 0 saturated heterocycles. The Morgan fingerprint density at radius 3 is 1.67 bits per heavy atom. The molecule has 0 aliphatic carbocycles. The highest BCUT2D eigenvalue weighted by molar-refractivity contribution is 7.47. The lowest BCUT2D eigenvalue weighted by atomic mass is 10.0. The monoisotopic (exact) mass is 757 g/mol. The summed E-state index contributed by atoms with van der Waals surface area (Å²) in [5, 5.41) is 21.7.